The number of unbranched alkanes of at least 4 members (excludes halogenated alkanes) is 4. The van der Waals surface area contributed by atoms with Crippen molar-refractivity contribution in [2.45, 2.75) is 89.4 Å². The Morgan fingerprint density at radius 1 is 0.950 bits per heavy atom. The van der Waals surface area contributed by atoms with E-state index in [9.17, 15) is 18.1 Å². The van der Waals surface area contributed by atoms with Gasteiger partial charge in [-0.05, 0) is 25.7 Å². The van der Waals surface area contributed by atoms with E-state index >= 15 is 0 Å². The minimum atomic E-state index is -4.13. The van der Waals surface area contributed by atoms with Crippen molar-refractivity contribution >= 4 is 10.1 Å². The Kier molecular flexibility index (Phi) is 16.8. The quantitative estimate of drug-likeness (QED) is 0.315. The molecule has 2 unspecified atom stereocenters. The van der Waals surface area contributed by atoms with Crippen LogP contribution in [0.5, 0.6) is 0 Å². The van der Waals surface area contributed by atoms with E-state index in [1.165, 1.54) is 0 Å². The average molecular weight is 333 g/mol. The fourth-order valence-corrected chi connectivity index (χ4v) is 3.12. The summed E-state index contributed by atoms with van der Waals surface area (Å²) < 4.78 is 32.7. The van der Waals surface area contributed by atoms with Crippen LogP contribution in [0.3, 0.4) is 0 Å². The van der Waals surface area contributed by atoms with Gasteiger partial charge in [0.05, 0.1) is 16.2 Å². The van der Waals surface area contributed by atoms with Crippen LogP contribution < -0.4 is 51.4 Å². The molecule has 2 atom stereocenters. The normalized spacial score (nSPS) is 14.6. The van der Waals surface area contributed by atoms with Crippen LogP contribution in [0.25, 0.3) is 0 Å². The molecule has 0 saturated carbocycles. The Labute approximate surface area is 167 Å². The maximum absolute atomic E-state index is 10.9. The Morgan fingerprint density at radius 2 is 1.45 bits per heavy atom. The van der Waals surface area contributed by atoms with E-state index in [-0.39, 0.29) is 57.5 Å². The average Bonchev–Trinajstić information content (AvgIpc) is 2.32. The SMILES string of the molecule is CCCCCC(O)CCCCCC(CC)S(=O)(=O)[O-].[K+]. The van der Waals surface area contributed by atoms with Crippen LogP contribution >= 0.6 is 0 Å². The van der Waals surface area contributed by atoms with Crippen LogP contribution in [0, 0.1) is 0 Å². The topological polar surface area (TPSA) is 77.4 Å². The minimum absolute atomic E-state index is 0. The van der Waals surface area contributed by atoms with Gasteiger partial charge in [-0.2, -0.15) is 0 Å². The van der Waals surface area contributed by atoms with Gasteiger partial charge in [0, 0.05) is 5.25 Å². The predicted octanol–water partition coefficient (Wildman–Crippen LogP) is 0.206. The summed E-state index contributed by atoms with van der Waals surface area (Å²) in [6, 6.07) is 0. The van der Waals surface area contributed by atoms with Gasteiger partial charge in [0.25, 0.3) is 0 Å². The first-order chi connectivity index (χ1) is 8.91. The Hall–Kier alpha value is 1.51. The largest absolute Gasteiger partial charge is 1.00 e. The summed E-state index contributed by atoms with van der Waals surface area (Å²) in [5.41, 5.74) is 0. The number of hydrogen-bond acceptors (Lipinski definition) is 4. The van der Waals surface area contributed by atoms with Gasteiger partial charge >= 0.3 is 51.4 Å². The second kappa shape index (κ2) is 14.1. The third-order valence-electron chi connectivity index (χ3n) is 3.57. The summed E-state index contributed by atoms with van der Waals surface area (Å²) >= 11 is 0. The van der Waals surface area contributed by atoms with Gasteiger partial charge in [0.15, 0.2) is 0 Å². The zero-order chi connectivity index (χ0) is 14.7. The van der Waals surface area contributed by atoms with Crippen LogP contribution in [0.15, 0.2) is 0 Å². The van der Waals surface area contributed by atoms with Crippen LogP contribution in [0.2, 0.25) is 0 Å². The maximum atomic E-state index is 10.9. The van der Waals surface area contributed by atoms with Crippen molar-refractivity contribution in [1.29, 1.82) is 0 Å². The monoisotopic (exact) mass is 332 g/mol. The molecule has 0 aromatic carbocycles. The molecule has 0 aliphatic rings. The molecule has 0 aliphatic heterocycles. The molecule has 0 fully saturated rings. The minimum Gasteiger partial charge on any atom is -0.748 e. The first-order valence-electron chi connectivity index (χ1n) is 7.54. The van der Waals surface area contributed by atoms with Crippen LogP contribution in [0.4, 0.5) is 0 Å². The third kappa shape index (κ3) is 13.2. The molecule has 1 N–H and O–H groups in total. The molecule has 0 rings (SSSR count). The van der Waals surface area contributed by atoms with Crippen molar-refractivity contribution < 1.29 is 69.5 Å². The molecule has 116 valence electrons. The molecule has 0 radical (unpaired) electrons. The second-order valence-corrected chi connectivity index (χ2v) is 6.96. The van der Waals surface area contributed by atoms with E-state index < -0.39 is 15.4 Å². The third-order valence-corrected chi connectivity index (χ3v) is 4.95. The summed E-state index contributed by atoms with van der Waals surface area (Å²) in [4.78, 5) is 0. The molecule has 0 amide bonds. The zero-order valence-corrected chi connectivity index (χ0v) is 17.2. The Morgan fingerprint density at radius 3 is 1.90 bits per heavy atom. The van der Waals surface area contributed by atoms with E-state index in [1.54, 1.807) is 6.92 Å². The summed E-state index contributed by atoms with van der Waals surface area (Å²) in [7, 11) is -4.13. The molecular weight excluding hydrogens is 303 g/mol. The molecule has 20 heavy (non-hydrogen) atoms. The second-order valence-electron chi connectivity index (χ2n) is 5.31. The van der Waals surface area contributed by atoms with E-state index in [0.29, 0.717) is 12.8 Å². The van der Waals surface area contributed by atoms with Crippen molar-refractivity contribution in [3.63, 3.8) is 0 Å². The van der Waals surface area contributed by atoms with E-state index in [1.807, 2.05) is 0 Å². The molecule has 0 saturated heterocycles. The fourth-order valence-electron chi connectivity index (χ4n) is 2.26. The Bertz CT molecular complexity index is 306. The van der Waals surface area contributed by atoms with Crippen molar-refractivity contribution in [3.05, 3.63) is 0 Å². The van der Waals surface area contributed by atoms with Crippen LogP contribution in [0.1, 0.15) is 78.1 Å². The zero-order valence-electron chi connectivity index (χ0n) is 13.3. The summed E-state index contributed by atoms with van der Waals surface area (Å²) in [6.07, 6.45) is 8.21. The van der Waals surface area contributed by atoms with Gasteiger partial charge in [0.2, 0.25) is 0 Å². The molecule has 0 aromatic heterocycles. The molecule has 4 nitrogen and oxygen atoms in total. The van der Waals surface area contributed by atoms with E-state index in [2.05, 4.69) is 6.92 Å². The van der Waals surface area contributed by atoms with Crippen molar-refractivity contribution in [1.82, 2.24) is 0 Å². The number of aliphatic hydroxyl groups excluding tert-OH is 1. The number of rotatable bonds is 12. The van der Waals surface area contributed by atoms with Gasteiger partial charge in [-0.25, -0.2) is 8.42 Å². The van der Waals surface area contributed by atoms with Gasteiger partial charge < -0.3 is 9.66 Å². The number of hydrogen-bond donors (Lipinski definition) is 1. The molecule has 0 heterocycles. The van der Waals surface area contributed by atoms with Crippen LogP contribution in [-0.2, 0) is 10.1 Å². The first-order valence-corrected chi connectivity index (χ1v) is 9.01. The van der Waals surface area contributed by atoms with E-state index in [4.69, 9.17) is 0 Å². The van der Waals surface area contributed by atoms with Gasteiger partial charge in [-0.3, -0.25) is 0 Å². The molecule has 0 aliphatic carbocycles. The molecular formula is C14H29KO4S. The fraction of sp³-hybridized carbons (Fsp3) is 1.00. The van der Waals surface area contributed by atoms with E-state index in [0.717, 1.165) is 51.4 Å². The van der Waals surface area contributed by atoms with Gasteiger partial charge in [0.1, 0.15) is 0 Å². The molecule has 0 bridgehead atoms. The summed E-state index contributed by atoms with van der Waals surface area (Å²) in [5.74, 6) is 0. The predicted molar refractivity (Wildman–Crippen MR) is 77.0 cm³/mol. The molecule has 0 aromatic rings. The van der Waals surface area contributed by atoms with Gasteiger partial charge in [-0.1, -0.05) is 52.4 Å². The van der Waals surface area contributed by atoms with Crippen molar-refractivity contribution in [3.8, 4) is 0 Å². The summed E-state index contributed by atoms with van der Waals surface area (Å²) in [5, 5.41) is 8.98. The maximum Gasteiger partial charge on any atom is 1.00 e. The first kappa shape index (κ1) is 23.8. The Balaban J connectivity index is 0. The van der Waals surface area contributed by atoms with Gasteiger partial charge in [-0.15, -0.1) is 0 Å². The van der Waals surface area contributed by atoms with Crippen LogP contribution in [-0.4, -0.2) is 29.4 Å². The van der Waals surface area contributed by atoms with Crippen molar-refractivity contribution in [2.75, 3.05) is 0 Å². The number of aliphatic hydroxyl groups is 1. The van der Waals surface area contributed by atoms with Crippen molar-refractivity contribution in [2.24, 2.45) is 0 Å². The smallest absolute Gasteiger partial charge is 0.748 e. The molecule has 0 spiro atoms. The standard InChI is InChI=1S/C14H30O4S.K/c1-3-5-7-10-13(15)11-8-6-9-12-14(4-2)19(16,17)18;/h13-15H,3-12H2,1-2H3,(H,16,17,18);/q;+1/p-1. The summed E-state index contributed by atoms with van der Waals surface area (Å²) in [6.45, 7) is 3.87. The molecule has 6 heteroatoms.